The standard InChI is InChI=1S/C15H23FN2O.ClH/c1-3-4-14(18-9-7-17-8-10-18)12-5-6-13(16)15(11-12)19-2;/h5-6,11,14,17H,3-4,7-10H2,1-2H3;1H/t14-;/m1./s1. The molecule has 5 heteroatoms. The number of nitrogens with zero attached hydrogens (tertiary/aromatic N) is 1. The molecule has 0 aromatic heterocycles. The van der Waals surface area contributed by atoms with Crippen molar-refractivity contribution in [3.63, 3.8) is 0 Å². The molecule has 1 heterocycles. The Hall–Kier alpha value is -0.840. The molecule has 0 radical (unpaired) electrons. The number of piperazine rings is 1. The molecule has 0 bridgehead atoms. The molecule has 1 fully saturated rings. The highest BCUT2D eigenvalue weighted by molar-refractivity contribution is 5.85. The molecule has 0 amide bonds. The van der Waals surface area contributed by atoms with E-state index in [0.717, 1.165) is 44.6 Å². The van der Waals surface area contributed by atoms with Crippen LogP contribution in [-0.2, 0) is 0 Å². The Balaban J connectivity index is 0.00000200. The SMILES string of the molecule is CCC[C@H](c1ccc(F)c(OC)c1)N1CCNCC1.Cl. The number of ether oxygens (including phenoxy) is 1. The highest BCUT2D eigenvalue weighted by Gasteiger charge is 2.22. The lowest BCUT2D eigenvalue weighted by Crippen LogP contribution is -2.45. The van der Waals surface area contributed by atoms with E-state index >= 15 is 0 Å². The number of methoxy groups -OCH3 is 1. The molecule has 1 saturated heterocycles. The Labute approximate surface area is 126 Å². The number of rotatable bonds is 5. The van der Waals surface area contributed by atoms with E-state index < -0.39 is 0 Å². The largest absolute Gasteiger partial charge is 0.494 e. The summed E-state index contributed by atoms with van der Waals surface area (Å²) in [7, 11) is 1.52. The van der Waals surface area contributed by atoms with Gasteiger partial charge in [-0.1, -0.05) is 19.4 Å². The van der Waals surface area contributed by atoms with Gasteiger partial charge in [-0.3, -0.25) is 4.90 Å². The summed E-state index contributed by atoms with van der Waals surface area (Å²) in [5.41, 5.74) is 1.15. The zero-order valence-electron chi connectivity index (χ0n) is 12.2. The van der Waals surface area contributed by atoms with E-state index in [1.165, 1.54) is 13.2 Å². The molecule has 0 aliphatic carbocycles. The van der Waals surface area contributed by atoms with Crippen LogP contribution >= 0.6 is 12.4 Å². The summed E-state index contributed by atoms with van der Waals surface area (Å²) in [5.74, 6) is 0.0514. The van der Waals surface area contributed by atoms with Gasteiger partial charge in [0.05, 0.1) is 7.11 Å². The summed E-state index contributed by atoms with van der Waals surface area (Å²) in [4.78, 5) is 2.48. The number of halogens is 2. The minimum atomic E-state index is -0.290. The average molecular weight is 303 g/mol. The van der Waals surface area contributed by atoms with Gasteiger partial charge >= 0.3 is 0 Å². The highest BCUT2D eigenvalue weighted by Crippen LogP contribution is 2.29. The minimum absolute atomic E-state index is 0. The maximum atomic E-state index is 13.5. The quantitative estimate of drug-likeness (QED) is 0.905. The van der Waals surface area contributed by atoms with E-state index in [2.05, 4.69) is 17.1 Å². The second-order valence-corrected chi connectivity index (χ2v) is 4.98. The Morgan fingerprint density at radius 2 is 2.05 bits per heavy atom. The van der Waals surface area contributed by atoms with Crippen LogP contribution in [0.3, 0.4) is 0 Å². The fraction of sp³-hybridized carbons (Fsp3) is 0.600. The Kier molecular flexibility index (Phi) is 7.27. The van der Waals surface area contributed by atoms with Crippen molar-refractivity contribution in [2.24, 2.45) is 0 Å². The van der Waals surface area contributed by atoms with Crippen molar-refractivity contribution in [1.82, 2.24) is 10.2 Å². The van der Waals surface area contributed by atoms with E-state index in [4.69, 9.17) is 4.74 Å². The van der Waals surface area contributed by atoms with Gasteiger partial charge in [-0.15, -0.1) is 12.4 Å². The molecule has 0 spiro atoms. The van der Waals surface area contributed by atoms with Gasteiger partial charge in [0.1, 0.15) is 0 Å². The van der Waals surface area contributed by atoms with E-state index in [1.54, 1.807) is 0 Å². The third kappa shape index (κ3) is 4.08. The Morgan fingerprint density at radius 1 is 1.35 bits per heavy atom. The number of nitrogens with one attached hydrogen (secondary N) is 1. The van der Waals surface area contributed by atoms with Crippen LogP contribution in [0, 0.1) is 5.82 Å². The first-order valence-electron chi connectivity index (χ1n) is 7.04. The summed E-state index contributed by atoms with van der Waals surface area (Å²) in [6, 6.07) is 5.61. The predicted molar refractivity (Wildman–Crippen MR) is 82.3 cm³/mol. The average Bonchev–Trinajstić information content (AvgIpc) is 2.46. The van der Waals surface area contributed by atoms with Crippen molar-refractivity contribution in [3.8, 4) is 5.75 Å². The second-order valence-electron chi connectivity index (χ2n) is 4.98. The molecular weight excluding hydrogens is 279 g/mol. The molecule has 3 nitrogen and oxygen atoms in total. The van der Waals surface area contributed by atoms with Gasteiger partial charge in [0, 0.05) is 32.2 Å². The summed E-state index contributed by atoms with van der Waals surface area (Å²) < 4.78 is 18.6. The number of hydrogen-bond acceptors (Lipinski definition) is 3. The third-order valence-corrected chi connectivity index (χ3v) is 3.71. The smallest absolute Gasteiger partial charge is 0.165 e. The lowest BCUT2D eigenvalue weighted by molar-refractivity contribution is 0.164. The summed E-state index contributed by atoms with van der Waals surface area (Å²) in [5, 5.41) is 3.37. The Bertz CT molecular complexity index is 411. The van der Waals surface area contributed by atoms with Crippen LogP contribution in [0.4, 0.5) is 4.39 Å². The first-order chi connectivity index (χ1) is 9.26. The molecule has 1 aromatic rings. The number of benzene rings is 1. The molecule has 1 aromatic carbocycles. The first-order valence-corrected chi connectivity index (χ1v) is 7.04. The zero-order chi connectivity index (χ0) is 13.7. The normalized spacial score (nSPS) is 17.4. The van der Waals surface area contributed by atoms with Crippen LogP contribution in [0.1, 0.15) is 31.4 Å². The van der Waals surface area contributed by atoms with Crippen LogP contribution in [0.5, 0.6) is 5.75 Å². The van der Waals surface area contributed by atoms with Gasteiger partial charge in [-0.25, -0.2) is 4.39 Å². The van der Waals surface area contributed by atoms with E-state index in [9.17, 15) is 4.39 Å². The van der Waals surface area contributed by atoms with Crippen LogP contribution in [0.25, 0.3) is 0 Å². The molecule has 1 atom stereocenters. The van der Waals surface area contributed by atoms with Crippen LogP contribution < -0.4 is 10.1 Å². The van der Waals surface area contributed by atoms with Crippen LogP contribution in [-0.4, -0.2) is 38.2 Å². The van der Waals surface area contributed by atoms with Gasteiger partial charge < -0.3 is 10.1 Å². The second kappa shape index (κ2) is 8.45. The fourth-order valence-electron chi connectivity index (χ4n) is 2.71. The summed E-state index contributed by atoms with van der Waals surface area (Å²) >= 11 is 0. The maximum absolute atomic E-state index is 13.5. The summed E-state index contributed by atoms with van der Waals surface area (Å²) in [6.45, 7) is 6.34. The predicted octanol–water partition coefficient (Wildman–Crippen LogP) is 3.00. The van der Waals surface area contributed by atoms with Gasteiger partial charge in [-0.05, 0) is 24.1 Å². The van der Waals surface area contributed by atoms with Gasteiger partial charge in [0.2, 0.25) is 0 Å². The zero-order valence-corrected chi connectivity index (χ0v) is 13.0. The third-order valence-electron chi connectivity index (χ3n) is 3.71. The minimum Gasteiger partial charge on any atom is -0.494 e. The van der Waals surface area contributed by atoms with Crippen molar-refractivity contribution in [1.29, 1.82) is 0 Å². The monoisotopic (exact) mass is 302 g/mol. The molecule has 1 aliphatic heterocycles. The Morgan fingerprint density at radius 3 is 2.65 bits per heavy atom. The fourth-order valence-corrected chi connectivity index (χ4v) is 2.71. The van der Waals surface area contributed by atoms with E-state index in [-0.39, 0.29) is 18.2 Å². The molecule has 0 unspecified atom stereocenters. The molecule has 2 rings (SSSR count). The van der Waals surface area contributed by atoms with Crippen molar-refractivity contribution >= 4 is 12.4 Å². The van der Waals surface area contributed by atoms with Crippen LogP contribution in [0.2, 0.25) is 0 Å². The molecule has 1 aliphatic rings. The van der Waals surface area contributed by atoms with E-state index in [1.807, 2.05) is 12.1 Å². The van der Waals surface area contributed by atoms with Crippen molar-refractivity contribution in [3.05, 3.63) is 29.6 Å². The summed E-state index contributed by atoms with van der Waals surface area (Å²) in [6.07, 6.45) is 2.21. The van der Waals surface area contributed by atoms with Gasteiger partial charge in [0.15, 0.2) is 11.6 Å². The first kappa shape index (κ1) is 17.2. The topological polar surface area (TPSA) is 24.5 Å². The van der Waals surface area contributed by atoms with Crippen molar-refractivity contribution < 1.29 is 9.13 Å². The van der Waals surface area contributed by atoms with Crippen LogP contribution in [0.15, 0.2) is 18.2 Å². The molecule has 0 saturated carbocycles. The molecule has 114 valence electrons. The highest BCUT2D eigenvalue weighted by atomic mass is 35.5. The number of hydrogen-bond donors (Lipinski definition) is 1. The maximum Gasteiger partial charge on any atom is 0.165 e. The molecule has 1 N–H and O–H groups in total. The lowest BCUT2D eigenvalue weighted by atomic mass is 9.99. The van der Waals surface area contributed by atoms with Crippen molar-refractivity contribution in [2.75, 3.05) is 33.3 Å². The van der Waals surface area contributed by atoms with Gasteiger partial charge in [0.25, 0.3) is 0 Å². The van der Waals surface area contributed by atoms with Crippen molar-refractivity contribution in [2.45, 2.75) is 25.8 Å². The lowest BCUT2D eigenvalue weighted by Gasteiger charge is -2.35. The molecule has 20 heavy (non-hydrogen) atoms. The molecular formula is C15H24ClFN2O. The van der Waals surface area contributed by atoms with E-state index in [0.29, 0.717) is 11.8 Å². The van der Waals surface area contributed by atoms with Gasteiger partial charge in [-0.2, -0.15) is 0 Å².